The fraction of sp³-hybridized carbons (Fsp3) is 0.556. The highest BCUT2D eigenvalue weighted by atomic mass is 19.3. The number of rotatable bonds is 8. The second-order valence-electron chi connectivity index (χ2n) is 10.9. The summed E-state index contributed by atoms with van der Waals surface area (Å²) < 4.78 is 56.3. The largest absolute Gasteiger partial charge is 0.381 e. The van der Waals surface area contributed by atoms with Crippen LogP contribution in [0.15, 0.2) is 35.3 Å². The van der Waals surface area contributed by atoms with Gasteiger partial charge in [-0.3, -0.25) is 9.59 Å². The Morgan fingerprint density at radius 1 is 1.16 bits per heavy atom. The number of anilines is 1. The van der Waals surface area contributed by atoms with Gasteiger partial charge in [0.25, 0.3) is 17.9 Å². The van der Waals surface area contributed by atoms with E-state index in [9.17, 15) is 27.2 Å². The number of carbonyl (C=O) groups is 1. The van der Waals surface area contributed by atoms with E-state index in [0.717, 1.165) is 32.0 Å². The zero-order valence-corrected chi connectivity index (χ0v) is 20.9. The van der Waals surface area contributed by atoms with Crippen molar-refractivity contribution in [2.45, 2.75) is 56.7 Å². The number of hydrogen-bond acceptors (Lipinski definition) is 4. The Kier molecular flexibility index (Phi) is 6.81. The van der Waals surface area contributed by atoms with Crippen LogP contribution in [0.25, 0.3) is 0 Å². The third-order valence-corrected chi connectivity index (χ3v) is 8.33. The van der Waals surface area contributed by atoms with Crippen molar-refractivity contribution >= 4 is 11.6 Å². The number of amides is 1. The lowest BCUT2D eigenvalue weighted by atomic mass is 9.92. The number of carbonyl (C=O) groups excluding carboxylic acids is 1. The molecule has 3 aliphatic rings. The van der Waals surface area contributed by atoms with Crippen LogP contribution in [0, 0.1) is 17.7 Å². The van der Waals surface area contributed by atoms with Crippen molar-refractivity contribution in [1.82, 2.24) is 14.8 Å². The van der Waals surface area contributed by atoms with Gasteiger partial charge in [-0.2, -0.15) is 0 Å². The van der Waals surface area contributed by atoms with Crippen molar-refractivity contribution in [1.29, 1.82) is 0 Å². The molecule has 0 radical (unpaired) electrons. The van der Waals surface area contributed by atoms with Crippen LogP contribution in [0.3, 0.4) is 0 Å². The molecular formula is C27H32F4N4O2. The van der Waals surface area contributed by atoms with Gasteiger partial charge >= 0.3 is 0 Å². The SMILES string of the molecule is CC(NC(=O)c1cn(C2(CF)CC2)c(=O)cc1NC1[C@@H]2CC[C@H]1CN(C)C2)c1cccc(C(F)F)c1F. The predicted molar refractivity (Wildman–Crippen MR) is 132 cm³/mol. The maximum absolute atomic E-state index is 14.7. The van der Waals surface area contributed by atoms with E-state index >= 15 is 0 Å². The summed E-state index contributed by atoms with van der Waals surface area (Å²) in [6.45, 7) is 2.61. The Hall–Kier alpha value is -2.88. The van der Waals surface area contributed by atoms with E-state index in [1.165, 1.54) is 35.9 Å². The van der Waals surface area contributed by atoms with Crippen molar-refractivity contribution < 1.29 is 22.4 Å². The molecule has 1 aliphatic heterocycles. The molecule has 200 valence electrons. The van der Waals surface area contributed by atoms with Gasteiger partial charge in [-0.15, -0.1) is 0 Å². The molecule has 0 spiro atoms. The minimum absolute atomic E-state index is 0.0650. The van der Waals surface area contributed by atoms with E-state index in [0.29, 0.717) is 30.4 Å². The number of benzene rings is 1. The fourth-order valence-electron chi connectivity index (χ4n) is 6.08. The van der Waals surface area contributed by atoms with Crippen LogP contribution in [0.4, 0.5) is 23.2 Å². The maximum Gasteiger partial charge on any atom is 0.266 e. The monoisotopic (exact) mass is 520 g/mol. The van der Waals surface area contributed by atoms with Crippen LogP contribution in [0.2, 0.25) is 0 Å². The first kappa shape index (κ1) is 25.8. The number of hydrogen-bond donors (Lipinski definition) is 2. The van der Waals surface area contributed by atoms with Crippen LogP contribution in [0.5, 0.6) is 0 Å². The highest BCUT2D eigenvalue weighted by molar-refractivity contribution is 5.99. The lowest BCUT2D eigenvalue weighted by molar-refractivity contribution is 0.0938. The summed E-state index contributed by atoms with van der Waals surface area (Å²) in [7, 11) is 2.08. The molecule has 2 aliphatic carbocycles. The van der Waals surface area contributed by atoms with Gasteiger partial charge in [0.15, 0.2) is 0 Å². The molecule has 10 heteroatoms. The molecule has 6 nitrogen and oxygen atoms in total. The number of aromatic nitrogens is 1. The van der Waals surface area contributed by atoms with E-state index < -0.39 is 47.5 Å². The zero-order valence-electron chi connectivity index (χ0n) is 20.9. The Morgan fingerprint density at radius 3 is 2.41 bits per heavy atom. The topological polar surface area (TPSA) is 66.4 Å². The quantitative estimate of drug-likeness (QED) is 0.499. The number of piperidine rings is 1. The number of halogens is 4. The van der Waals surface area contributed by atoms with Crippen molar-refractivity contribution in [3.8, 4) is 0 Å². The van der Waals surface area contributed by atoms with E-state index in [2.05, 4.69) is 22.6 Å². The summed E-state index contributed by atoms with van der Waals surface area (Å²) >= 11 is 0. The number of fused-ring (bicyclic) bond motifs is 2. The molecule has 2 saturated carbocycles. The second-order valence-corrected chi connectivity index (χ2v) is 10.9. The van der Waals surface area contributed by atoms with Crippen LogP contribution in [-0.2, 0) is 5.54 Å². The lowest BCUT2D eigenvalue weighted by Gasteiger charge is -2.37. The predicted octanol–water partition coefficient (Wildman–Crippen LogP) is 4.63. The van der Waals surface area contributed by atoms with Crippen molar-refractivity contribution in [3.63, 3.8) is 0 Å². The summed E-state index contributed by atoms with van der Waals surface area (Å²) in [4.78, 5) is 28.8. The molecule has 3 fully saturated rings. The summed E-state index contributed by atoms with van der Waals surface area (Å²) in [6, 6.07) is 4.21. The van der Waals surface area contributed by atoms with Gasteiger partial charge in [-0.25, -0.2) is 17.6 Å². The van der Waals surface area contributed by atoms with Crippen molar-refractivity contribution in [2.75, 3.05) is 32.1 Å². The van der Waals surface area contributed by atoms with E-state index in [1.807, 2.05) is 0 Å². The van der Waals surface area contributed by atoms with Crippen LogP contribution in [-0.4, -0.2) is 48.2 Å². The number of nitrogens with zero attached hydrogens (tertiary/aromatic N) is 2. The third-order valence-electron chi connectivity index (χ3n) is 8.33. The molecule has 37 heavy (non-hydrogen) atoms. The van der Waals surface area contributed by atoms with Gasteiger partial charge in [0.05, 0.1) is 28.4 Å². The van der Waals surface area contributed by atoms with Gasteiger partial charge in [0.2, 0.25) is 0 Å². The smallest absolute Gasteiger partial charge is 0.266 e. The number of likely N-dealkylation sites (tertiary alicyclic amines) is 1. The Labute approximate surface area is 213 Å². The minimum Gasteiger partial charge on any atom is -0.381 e. The normalized spacial score (nSPS) is 25.2. The average molecular weight is 521 g/mol. The highest BCUT2D eigenvalue weighted by Crippen LogP contribution is 2.44. The fourth-order valence-corrected chi connectivity index (χ4v) is 6.08. The molecule has 4 atom stereocenters. The zero-order chi connectivity index (χ0) is 26.5. The van der Waals surface area contributed by atoms with Gasteiger partial charge in [-0.1, -0.05) is 18.2 Å². The van der Waals surface area contributed by atoms with E-state index in [4.69, 9.17) is 0 Å². The van der Waals surface area contributed by atoms with Crippen LogP contribution in [0.1, 0.15) is 66.6 Å². The first-order valence-electron chi connectivity index (χ1n) is 12.8. The highest BCUT2D eigenvalue weighted by Gasteiger charge is 2.46. The molecule has 1 amide bonds. The first-order chi connectivity index (χ1) is 17.6. The van der Waals surface area contributed by atoms with E-state index in [-0.39, 0.29) is 17.2 Å². The summed E-state index contributed by atoms with van der Waals surface area (Å²) in [5.74, 6) is -0.924. The average Bonchev–Trinajstić information content (AvgIpc) is 3.60. The molecule has 2 N–H and O–H groups in total. The molecule has 2 bridgehead atoms. The Morgan fingerprint density at radius 2 is 1.81 bits per heavy atom. The summed E-state index contributed by atoms with van der Waals surface area (Å²) in [5.41, 5.74) is -1.63. The Balaban J connectivity index is 1.47. The van der Waals surface area contributed by atoms with Crippen LogP contribution >= 0.6 is 0 Å². The number of alkyl halides is 3. The van der Waals surface area contributed by atoms with Gasteiger partial charge in [-0.05, 0) is 51.5 Å². The van der Waals surface area contributed by atoms with Crippen molar-refractivity contribution in [2.24, 2.45) is 11.8 Å². The van der Waals surface area contributed by atoms with Gasteiger partial charge < -0.3 is 20.1 Å². The molecule has 2 heterocycles. The standard InChI is InChI=1S/C27H32F4N4O2/c1-15(18-4-3-5-19(23(18)29)25(30)31)32-26(37)20-13-35(27(14-28)8-9-27)22(36)10-21(20)33-24-16-6-7-17(24)12-34(2)11-16/h3-5,10,13,15-17,24-25,33H,6-9,11-12,14H2,1-2H3,(H,32,37)/t15?,16-,17+,24?. The second kappa shape index (κ2) is 9.78. The molecule has 1 saturated heterocycles. The summed E-state index contributed by atoms with van der Waals surface area (Å²) in [5, 5.41) is 6.15. The van der Waals surface area contributed by atoms with Gasteiger partial charge in [0.1, 0.15) is 12.5 Å². The third kappa shape index (κ3) is 4.76. The first-order valence-corrected chi connectivity index (χ1v) is 12.8. The van der Waals surface area contributed by atoms with Gasteiger partial charge in [0, 0.05) is 37.0 Å². The molecular weight excluding hydrogens is 488 g/mol. The maximum atomic E-state index is 14.7. The molecule has 1 aromatic carbocycles. The lowest BCUT2D eigenvalue weighted by Crippen LogP contribution is -2.47. The van der Waals surface area contributed by atoms with E-state index in [1.54, 1.807) is 0 Å². The minimum atomic E-state index is -2.98. The van der Waals surface area contributed by atoms with Crippen molar-refractivity contribution in [3.05, 3.63) is 63.3 Å². The molecule has 1 aromatic heterocycles. The molecule has 2 aromatic rings. The summed E-state index contributed by atoms with van der Waals surface area (Å²) in [6.07, 6.45) is 1.50. The molecule has 5 rings (SSSR count). The number of pyridine rings is 1. The Bertz CT molecular complexity index is 1230. The number of nitrogens with one attached hydrogen (secondary N) is 2. The van der Waals surface area contributed by atoms with Crippen LogP contribution < -0.4 is 16.2 Å². The molecule has 2 unspecified atom stereocenters.